The Morgan fingerprint density at radius 2 is 2.03 bits per heavy atom. The second kappa shape index (κ2) is 10.1. The molecule has 3 heterocycles. The highest BCUT2D eigenvalue weighted by atomic mass is 32.2. The van der Waals surface area contributed by atoms with Crippen molar-refractivity contribution in [1.29, 1.82) is 0 Å². The van der Waals surface area contributed by atoms with E-state index in [1.54, 1.807) is 17.6 Å². The lowest BCUT2D eigenvalue weighted by atomic mass is 10.2. The van der Waals surface area contributed by atoms with Crippen molar-refractivity contribution in [2.45, 2.75) is 10.1 Å². The number of nitrogens with zero attached hydrogens (tertiary/aromatic N) is 8. The van der Waals surface area contributed by atoms with Crippen LogP contribution >= 0.6 is 23.1 Å². The number of carbonyl (C=O) groups excluding carboxylic acids is 1. The Kier molecular flexibility index (Phi) is 6.60. The minimum atomic E-state index is -0.530. The zero-order valence-electron chi connectivity index (χ0n) is 19.2. The number of para-hydroxylation sites is 1. The molecule has 0 aliphatic rings. The largest absolute Gasteiger partial charge is 0.378 e. The minimum Gasteiger partial charge on any atom is -0.378 e. The zero-order chi connectivity index (χ0) is 25.1. The fraction of sp³-hybridized carbons (Fsp3) is 0.136. The number of hydrogen-bond donors (Lipinski definition) is 2. The molecule has 2 aromatic carbocycles. The molecule has 0 spiro atoms. The first-order valence-corrected chi connectivity index (χ1v) is 12.4. The Balaban J connectivity index is 1.37. The second-order valence-corrected chi connectivity index (χ2v) is 9.94. The van der Waals surface area contributed by atoms with Gasteiger partial charge in [0.25, 0.3) is 5.91 Å². The molecule has 3 aromatic heterocycles. The third kappa shape index (κ3) is 4.89. The molecule has 0 saturated heterocycles. The lowest BCUT2D eigenvalue weighted by Gasteiger charge is -2.11. The monoisotopic (exact) mass is 520 g/mol. The highest BCUT2D eigenvalue weighted by Crippen LogP contribution is 2.32. The highest BCUT2D eigenvalue weighted by molar-refractivity contribution is 8.00. The first-order valence-electron chi connectivity index (χ1n) is 10.6. The Labute approximate surface area is 213 Å². The number of rotatable bonds is 8. The van der Waals surface area contributed by atoms with E-state index in [9.17, 15) is 4.79 Å². The molecule has 5 rings (SSSR count). The van der Waals surface area contributed by atoms with Crippen LogP contribution in [0.3, 0.4) is 0 Å². The molecule has 182 valence electrons. The molecule has 12 nitrogen and oxygen atoms in total. The first-order chi connectivity index (χ1) is 17.5. The van der Waals surface area contributed by atoms with Crippen LogP contribution in [0, 0.1) is 0 Å². The van der Waals surface area contributed by atoms with Gasteiger partial charge >= 0.3 is 0 Å². The summed E-state index contributed by atoms with van der Waals surface area (Å²) in [6, 6.07) is 15.6. The number of nitrogen functional groups attached to an aromatic ring is 1. The predicted octanol–water partition coefficient (Wildman–Crippen LogP) is 2.96. The van der Waals surface area contributed by atoms with E-state index in [1.165, 1.54) is 16.4 Å². The molecule has 0 saturated carbocycles. The van der Waals surface area contributed by atoms with Crippen molar-refractivity contribution in [3.05, 3.63) is 65.5 Å². The molecule has 0 unspecified atom stereocenters. The number of fused-ring (bicyclic) bond motifs is 1. The lowest BCUT2D eigenvalue weighted by molar-refractivity contribution is 0.0949. The van der Waals surface area contributed by atoms with Crippen molar-refractivity contribution >= 4 is 56.9 Å². The summed E-state index contributed by atoms with van der Waals surface area (Å²) >= 11 is 3.00. The number of thioether (sulfide) groups is 1. The van der Waals surface area contributed by atoms with E-state index in [2.05, 4.69) is 36.1 Å². The van der Waals surface area contributed by atoms with Crippen LogP contribution in [0.1, 0.15) is 21.7 Å². The summed E-state index contributed by atoms with van der Waals surface area (Å²) in [5, 5.41) is 19.6. The van der Waals surface area contributed by atoms with Gasteiger partial charge in [-0.1, -0.05) is 41.2 Å². The smallest absolute Gasteiger partial charge is 0.293 e. The van der Waals surface area contributed by atoms with E-state index in [1.807, 2.05) is 67.5 Å². The standard InChI is InChI=1S/C22H20N10O2S2/c1-31(2)14-9-7-13(8-10-14)11-24-27-21(33)18-16(32(30-26-18)20-19(23)28-34-29-20)12-35-22-25-15-5-3-4-6-17(15)36-22/h3-11H,12H2,1-2H3,(H2,23,28)(H,27,33)/b24-11-. The number of benzene rings is 2. The van der Waals surface area contributed by atoms with Gasteiger partial charge in [0.15, 0.2) is 10.0 Å². The van der Waals surface area contributed by atoms with Gasteiger partial charge in [-0.05, 0) is 40.1 Å². The van der Waals surface area contributed by atoms with Crippen molar-refractivity contribution in [2.75, 3.05) is 24.7 Å². The van der Waals surface area contributed by atoms with Gasteiger partial charge in [0.05, 0.1) is 22.1 Å². The number of amides is 1. The van der Waals surface area contributed by atoms with Crippen LogP contribution in [0.4, 0.5) is 11.5 Å². The summed E-state index contributed by atoms with van der Waals surface area (Å²) in [5.74, 6) is -0.0435. The Morgan fingerprint density at radius 1 is 1.22 bits per heavy atom. The van der Waals surface area contributed by atoms with Crippen LogP contribution in [0.5, 0.6) is 0 Å². The van der Waals surface area contributed by atoms with E-state index >= 15 is 0 Å². The second-order valence-electron chi connectivity index (χ2n) is 7.69. The molecular formula is C22H20N10O2S2. The molecule has 14 heteroatoms. The van der Waals surface area contributed by atoms with E-state index in [-0.39, 0.29) is 17.3 Å². The van der Waals surface area contributed by atoms with Crippen LogP contribution in [0.25, 0.3) is 16.0 Å². The SMILES string of the molecule is CN(C)c1ccc(/C=N\NC(=O)c2nnn(-c3nonc3N)c2CSc2nc3ccccc3s2)cc1. The van der Waals surface area contributed by atoms with Crippen molar-refractivity contribution in [2.24, 2.45) is 5.10 Å². The van der Waals surface area contributed by atoms with Crippen LogP contribution < -0.4 is 16.1 Å². The van der Waals surface area contributed by atoms with Crippen molar-refractivity contribution in [3.63, 3.8) is 0 Å². The molecule has 0 fully saturated rings. The number of hydrogen-bond acceptors (Lipinski definition) is 12. The number of aromatic nitrogens is 6. The molecular weight excluding hydrogens is 500 g/mol. The molecule has 0 bridgehead atoms. The lowest BCUT2D eigenvalue weighted by Crippen LogP contribution is -2.20. The van der Waals surface area contributed by atoms with E-state index in [0.717, 1.165) is 25.8 Å². The normalized spacial score (nSPS) is 11.4. The maximum Gasteiger partial charge on any atom is 0.293 e. The van der Waals surface area contributed by atoms with Crippen LogP contribution in [-0.2, 0) is 5.75 Å². The minimum absolute atomic E-state index is 0.0253. The van der Waals surface area contributed by atoms with E-state index < -0.39 is 5.91 Å². The third-order valence-electron chi connectivity index (χ3n) is 5.07. The molecule has 36 heavy (non-hydrogen) atoms. The van der Waals surface area contributed by atoms with Crippen LogP contribution in [-0.4, -0.2) is 56.5 Å². The van der Waals surface area contributed by atoms with Gasteiger partial charge in [-0.3, -0.25) is 4.79 Å². The zero-order valence-corrected chi connectivity index (χ0v) is 20.8. The maximum atomic E-state index is 13.0. The maximum absolute atomic E-state index is 13.0. The Hall–Kier alpha value is -4.30. The quantitative estimate of drug-likeness (QED) is 0.177. The summed E-state index contributed by atoms with van der Waals surface area (Å²) in [6.07, 6.45) is 1.55. The summed E-state index contributed by atoms with van der Waals surface area (Å²) in [4.78, 5) is 19.6. The summed E-state index contributed by atoms with van der Waals surface area (Å²) in [6.45, 7) is 0. The number of nitrogens with two attached hydrogens (primary N) is 1. The van der Waals surface area contributed by atoms with Crippen molar-refractivity contribution in [3.8, 4) is 5.82 Å². The van der Waals surface area contributed by atoms with Crippen LogP contribution in [0.2, 0.25) is 0 Å². The fourth-order valence-electron chi connectivity index (χ4n) is 3.24. The molecule has 3 N–H and O–H groups in total. The van der Waals surface area contributed by atoms with Gasteiger partial charge in [0, 0.05) is 25.5 Å². The number of hydrazone groups is 1. The number of anilines is 2. The Morgan fingerprint density at radius 3 is 2.75 bits per heavy atom. The van der Waals surface area contributed by atoms with E-state index in [0.29, 0.717) is 11.4 Å². The van der Waals surface area contributed by atoms with Crippen molar-refractivity contribution in [1.82, 2.24) is 35.7 Å². The topological polar surface area (TPSA) is 153 Å². The van der Waals surface area contributed by atoms with Crippen molar-refractivity contribution < 1.29 is 9.42 Å². The molecule has 1 amide bonds. The summed E-state index contributed by atoms with van der Waals surface area (Å²) in [7, 11) is 3.93. The first kappa shape index (κ1) is 23.4. The predicted molar refractivity (Wildman–Crippen MR) is 139 cm³/mol. The molecule has 0 atom stereocenters. The summed E-state index contributed by atoms with van der Waals surface area (Å²) in [5.41, 5.74) is 11.7. The van der Waals surface area contributed by atoms with Gasteiger partial charge in [-0.2, -0.15) is 9.78 Å². The number of thiazole rings is 1. The summed E-state index contributed by atoms with van der Waals surface area (Å²) < 4.78 is 7.95. The van der Waals surface area contributed by atoms with Gasteiger partial charge < -0.3 is 10.6 Å². The highest BCUT2D eigenvalue weighted by Gasteiger charge is 2.24. The van der Waals surface area contributed by atoms with Gasteiger partial charge in [-0.15, -0.1) is 16.4 Å². The van der Waals surface area contributed by atoms with Gasteiger partial charge in [-0.25, -0.2) is 15.0 Å². The third-order valence-corrected chi connectivity index (χ3v) is 7.26. The molecule has 0 aliphatic carbocycles. The number of nitrogens with one attached hydrogen (secondary N) is 1. The fourth-order valence-corrected chi connectivity index (χ4v) is 5.30. The number of carbonyl (C=O) groups is 1. The van der Waals surface area contributed by atoms with Gasteiger partial charge in [0.1, 0.15) is 0 Å². The Bertz CT molecular complexity index is 1510. The molecule has 0 radical (unpaired) electrons. The van der Waals surface area contributed by atoms with Crippen LogP contribution in [0.15, 0.2) is 62.6 Å². The molecule has 0 aliphatic heterocycles. The average Bonchev–Trinajstić information content (AvgIpc) is 3.60. The molecule has 5 aromatic rings. The van der Waals surface area contributed by atoms with Gasteiger partial charge in [0.2, 0.25) is 11.6 Å². The average molecular weight is 521 g/mol. The van der Waals surface area contributed by atoms with E-state index in [4.69, 9.17) is 10.4 Å².